The zero-order chi connectivity index (χ0) is 11.4. The van der Waals surface area contributed by atoms with E-state index in [-0.39, 0.29) is 0 Å². The summed E-state index contributed by atoms with van der Waals surface area (Å²) in [5.41, 5.74) is 5.59. The average Bonchev–Trinajstić information content (AvgIpc) is 2.28. The summed E-state index contributed by atoms with van der Waals surface area (Å²) in [7, 11) is 2.17. The number of aromatic nitrogens is 2. The minimum Gasteiger partial charge on any atom is -0.384 e. The Balaban J connectivity index is 1.86. The summed E-state index contributed by atoms with van der Waals surface area (Å²) in [6, 6.07) is 2.27. The first-order valence-corrected chi connectivity index (χ1v) is 5.78. The van der Waals surface area contributed by atoms with Crippen LogP contribution in [0.3, 0.4) is 0 Å². The number of nitrogens with two attached hydrogens (primary N) is 1. The van der Waals surface area contributed by atoms with E-state index in [2.05, 4.69) is 27.2 Å². The first-order valence-electron chi connectivity index (χ1n) is 5.78. The molecule has 1 saturated heterocycles. The molecule has 1 aromatic heterocycles. The fourth-order valence-electron chi connectivity index (χ4n) is 2.07. The van der Waals surface area contributed by atoms with Gasteiger partial charge in [0.2, 0.25) is 5.95 Å². The summed E-state index contributed by atoms with van der Waals surface area (Å²) in [5, 5.41) is 3.24. The van der Waals surface area contributed by atoms with Crippen molar-refractivity contribution in [3.8, 4) is 0 Å². The lowest BCUT2D eigenvalue weighted by Crippen LogP contribution is -2.40. The van der Waals surface area contributed by atoms with Crippen LogP contribution in [0, 0.1) is 0 Å². The normalized spacial score (nSPS) is 21.9. The van der Waals surface area contributed by atoms with E-state index in [0.717, 1.165) is 6.54 Å². The molecule has 5 nitrogen and oxygen atoms in total. The van der Waals surface area contributed by atoms with Gasteiger partial charge in [-0.15, -0.1) is 0 Å². The molecule has 0 radical (unpaired) electrons. The molecule has 2 rings (SSSR count). The summed E-state index contributed by atoms with van der Waals surface area (Å²) in [4.78, 5) is 10.6. The van der Waals surface area contributed by atoms with Crippen molar-refractivity contribution < 1.29 is 0 Å². The zero-order valence-corrected chi connectivity index (χ0v) is 9.69. The molecule has 0 aliphatic carbocycles. The number of hydrogen-bond donors (Lipinski definition) is 2. The Morgan fingerprint density at radius 3 is 3.19 bits per heavy atom. The molecule has 16 heavy (non-hydrogen) atoms. The van der Waals surface area contributed by atoms with Gasteiger partial charge in [-0.05, 0) is 32.5 Å². The van der Waals surface area contributed by atoms with E-state index >= 15 is 0 Å². The van der Waals surface area contributed by atoms with Gasteiger partial charge < -0.3 is 16.0 Å². The zero-order valence-electron chi connectivity index (χ0n) is 9.69. The van der Waals surface area contributed by atoms with E-state index in [1.165, 1.54) is 25.8 Å². The number of piperidine rings is 1. The van der Waals surface area contributed by atoms with Crippen molar-refractivity contribution in [1.29, 1.82) is 0 Å². The van der Waals surface area contributed by atoms with Gasteiger partial charge >= 0.3 is 0 Å². The van der Waals surface area contributed by atoms with Crippen LogP contribution in [0.15, 0.2) is 12.3 Å². The van der Waals surface area contributed by atoms with Crippen molar-refractivity contribution >= 4 is 11.8 Å². The Morgan fingerprint density at radius 1 is 1.56 bits per heavy atom. The molecule has 1 aromatic rings. The Morgan fingerprint density at radius 2 is 2.44 bits per heavy atom. The lowest BCUT2D eigenvalue weighted by atomic mass is 10.0. The molecular weight excluding hydrogens is 202 g/mol. The molecule has 1 aliphatic heterocycles. The van der Waals surface area contributed by atoms with Gasteiger partial charge in [0.05, 0.1) is 0 Å². The maximum Gasteiger partial charge on any atom is 0.224 e. The lowest BCUT2D eigenvalue weighted by molar-refractivity contribution is 0.194. The molecule has 3 N–H and O–H groups in total. The third kappa shape index (κ3) is 2.82. The van der Waals surface area contributed by atoms with E-state index < -0.39 is 0 Å². The van der Waals surface area contributed by atoms with Crippen molar-refractivity contribution in [2.75, 3.05) is 31.2 Å². The highest BCUT2D eigenvalue weighted by molar-refractivity contribution is 5.35. The molecule has 1 fully saturated rings. The third-order valence-electron chi connectivity index (χ3n) is 3.09. The topological polar surface area (TPSA) is 67.1 Å². The van der Waals surface area contributed by atoms with Crippen molar-refractivity contribution in [1.82, 2.24) is 14.9 Å². The van der Waals surface area contributed by atoms with Gasteiger partial charge in [-0.1, -0.05) is 6.42 Å². The highest BCUT2D eigenvalue weighted by Gasteiger charge is 2.18. The third-order valence-corrected chi connectivity index (χ3v) is 3.09. The number of likely N-dealkylation sites (tertiary alicyclic amines) is 1. The van der Waals surface area contributed by atoms with Gasteiger partial charge in [-0.3, -0.25) is 0 Å². The molecule has 0 saturated carbocycles. The molecular formula is C11H19N5. The van der Waals surface area contributed by atoms with E-state index in [1.54, 1.807) is 12.3 Å². The van der Waals surface area contributed by atoms with Gasteiger partial charge in [0.1, 0.15) is 5.82 Å². The molecule has 0 spiro atoms. The molecule has 1 aliphatic rings. The van der Waals surface area contributed by atoms with Crippen LogP contribution in [-0.2, 0) is 0 Å². The molecule has 0 aromatic carbocycles. The van der Waals surface area contributed by atoms with Crippen LogP contribution in [0.25, 0.3) is 0 Å². The van der Waals surface area contributed by atoms with Crippen LogP contribution >= 0.6 is 0 Å². The van der Waals surface area contributed by atoms with Crippen LogP contribution in [0.4, 0.5) is 11.8 Å². The summed E-state index contributed by atoms with van der Waals surface area (Å²) in [6.45, 7) is 2.07. The molecule has 1 atom stereocenters. The second-order valence-electron chi connectivity index (χ2n) is 4.32. The predicted molar refractivity (Wildman–Crippen MR) is 65.2 cm³/mol. The molecule has 5 heteroatoms. The van der Waals surface area contributed by atoms with Crippen LogP contribution in [0.5, 0.6) is 0 Å². The van der Waals surface area contributed by atoms with Crippen LogP contribution in [0.1, 0.15) is 19.3 Å². The lowest BCUT2D eigenvalue weighted by Gasteiger charge is -2.32. The second-order valence-corrected chi connectivity index (χ2v) is 4.32. The van der Waals surface area contributed by atoms with Gasteiger partial charge in [0, 0.05) is 18.8 Å². The number of nitrogens with one attached hydrogen (secondary N) is 1. The monoisotopic (exact) mass is 221 g/mol. The summed E-state index contributed by atoms with van der Waals surface area (Å²) >= 11 is 0. The van der Waals surface area contributed by atoms with E-state index in [4.69, 9.17) is 5.73 Å². The highest BCUT2D eigenvalue weighted by Crippen LogP contribution is 2.15. The Labute approximate surface area is 96.1 Å². The number of likely N-dealkylation sites (N-methyl/N-ethyl adjacent to an activating group) is 1. The van der Waals surface area contributed by atoms with Gasteiger partial charge in [-0.2, -0.15) is 4.98 Å². The quantitative estimate of drug-likeness (QED) is 0.795. The number of anilines is 2. The SMILES string of the molecule is CN1CCCCC1CNc1nccc(N)n1. The highest BCUT2D eigenvalue weighted by atomic mass is 15.2. The van der Waals surface area contributed by atoms with Crippen LogP contribution < -0.4 is 11.1 Å². The number of nitrogens with zero attached hydrogens (tertiary/aromatic N) is 3. The fraction of sp³-hybridized carbons (Fsp3) is 0.636. The largest absolute Gasteiger partial charge is 0.384 e. The van der Waals surface area contributed by atoms with Crippen molar-refractivity contribution in [2.45, 2.75) is 25.3 Å². The van der Waals surface area contributed by atoms with Crippen LogP contribution in [0.2, 0.25) is 0 Å². The smallest absolute Gasteiger partial charge is 0.224 e. The molecule has 0 bridgehead atoms. The first-order chi connectivity index (χ1) is 7.75. The minimum absolute atomic E-state index is 0.509. The number of rotatable bonds is 3. The van der Waals surface area contributed by atoms with E-state index in [9.17, 15) is 0 Å². The molecule has 88 valence electrons. The first kappa shape index (κ1) is 11.1. The van der Waals surface area contributed by atoms with Gasteiger partial charge in [0.15, 0.2) is 0 Å². The maximum atomic E-state index is 5.59. The van der Waals surface area contributed by atoms with Crippen LogP contribution in [-0.4, -0.2) is 41.0 Å². The molecule has 2 heterocycles. The van der Waals surface area contributed by atoms with E-state index in [0.29, 0.717) is 17.8 Å². The number of nitrogen functional groups attached to an aromatic ring is 1. The summed E-state index contributed by atoms with van der Waals surface area (Å²) in [6.07, 6.45) is 5.54. The Hall–Kier alpha value is -1.36. The average molecular weight is 221 g/mol. The summed E-state index contributed by atoms with van der Waals surface area (Å²) in [5.74, 6) is 1.13. The maximum absolute atomic E-state index is 5.59. The molecule has 1 unspecified atom stereocenters. The van der Waals surface area contributed by atoms with Crippen molar-refractivity contribution in [2.24, 2.45) is 0 Å². The second kappa shape index (κ2) is 5.12. The van der Waals surface area contributed by atoms with Crippen molar-refractivity contribution in [3.63, 3.8) is 0 Å². The van der Waals surface area contributed by atoms with Gasteiger partial charge in [-0.25, -0.2) is 4.98 Å². The van der Waals surface area contributed by atoms with E-state index in [1.807, 2.05) is 0 Å². The van der Waals surface area contributed by atoms with Gasteiger partial charge in [0.25, 0.3) is 0 Å². The summed E-state index contributed by atoms with van der Waals surface area (Å²) < 4.78 is 0. The standard InChI is InChI=1S/C11H19N5/c1-16-7-3-2-4-9(16)8-14-11-13-6-5-10(12)15-11/h5-6,9H,2-4,7-8H2,1H3,(H3,12,13,14,15). The number of hydrogen-bond acceptors (Lipinski definition) is 5. The van der Waals surface area contributed by atoms with Crippen molar-refractivity contribution in [3.05, 3.63) is 12.3 Å². The Bertz CT molecular complexity index is 341. The predicted octanol–water partition coefficient (Wildman–Crippen LogP) is 0.955. The minimum atomic E-state index is 0.509. The fourth-order valence-corrected chi connectivity index (χ4v) is 2.07. The molecule has 0 amide bonds. The Kier molecular flexibility index (Phi) is 3.56.